The lowest BCUT2D eigenvalue weighted by molar-refractivity contribution is 0.258. The van der Waals surface area contributed by atoms with Crippen LogP contribution in [0.1, 0.15) is 31.9 Å². The summed E-state index contributed by atoms with van der Waals surface area (Å²) in [4.78, 5) is 4.89. The van der Waals surface area contributed by atoms with Gasteiger partial charge in [-0.1, -0.05) is 24.6 Å². The Hall–Kier alpha value is -0.770. The van der Waals surface area contributed by atoms with Crippen molar-refractivity contribution in [2.45, 2.75) is 26.3 Å². The molecule has 1 aliphatic rings. The second kappa shape index (κ2) is 6.60. The van der Waals surface area contributed by atoms with Gasteiger partial charge in [0, 0.05) is 32.2 Å². The van der Waals surface area contributed by atoms with Gasteiger partial charge in [-0.15, -0.1) is 0 Å². The van der Waals surface area contributed by atoms with Crippen LogP contribution in [0.2, 0.25) is 5.02 Å². The van der Waals surface area contributed by atoms with Crippen LogP contribution in [0.25, 0.3) is 0 Å². The molecule has 0 aromatic heterocycles. The average molecular weight is 282 g/mol. The van der Waals surface area contributed by atoms with E-state index in [9.17, 15) is 0 Å². The van der Waals surface area contributed by atoms with Crippen molar-refractivity contribution in [1.29, 1.82) is 0 Å². The van der Waals surface area contributed by atoms with Crippen LogP contribution < -0.4 is 10.6 Å². The van der Waals surface area contributed by atoms with E-state index in [0.717, 1.165) is 42.5 Å². The Bertz CT molecular complexity index is 412. The van der Waals surface area contributed by atoms with Gasteiger partial charge in [-0.3, -0.25) is 4.90 Å². The molecule has 1 saturated heterocycles. The van der Waals surface area contributed by atoms with Crippen LogP contribution in [-0.4, -0.2) is 37.6 Å². The number of nitrogens with two attached hydrogens (primary N) is 1. The molecule has 0 bridgehead atoms. The lowest BCUT2D eigenvalue weighted by Gasteiger charge is -2.36. The molecule has 2 rings (SSSR count). The van der Waals surface area contributed by atoms with Crippen molar-refractivity contribution in [3.05, 3.63) is 28.8 Å². The summed E-state index contributed by atoms with van der Waals surface area (Å²) in [5.74, 6) is 0. The number of nitrogens with zero attached hydrogens (tertiary/aromatic N) is 2. The third-order valence-electron chi connectivity index (χ3n) is 3.75. The zero-order valence-corrected chi connectivity index (χ0v) is 12.7. The zero-order chi connectivity index (χ0) is 13.8. The molecule has 0 saturated carbocycles. The van der Waals surface area contributed by atoms with Crippen molar-refractivity contribution < 1.29 is 0 Å². The summed E-state index contributed by atoms with van der Waals surface area (Å²) < 4.78 is 0. The lowest BCUT2D eigenvalue weighted by Crippen LogP contribution is -2.46. The van der Waals surface area contributed by atoms with E-state index >= 15 is 0 Å². The molecule has 1 heterocycles. The molecule has 1 aromatic carbocycles. The summed E-state index contributed by atoms with van der Waals surface area (Å²) >= 11 is 6.39. The van der Waals surface area contributed by atoms with E-state index in [-0.39, 0.29) is 6.04 Å². The number of anilines is 1. The fourth-order valence-electron chi connectivity index (χ4n) is 2.59. The molecule has 106 valence electrons. The standard InChI is InChI=1S/C15H24ClN3/c1-3-6-18-7-9-19(10-8-18)15-5-4-13(12(2)17)11-14(15)16/h4-5,11-12H,3,6-10,17H2,1-2H3. The van der Waals surface area contributed by atoms with Gasteiger partial charge in [-0.2, -0.15) is 0 Å². The molecule has 0 aliphatic carbocycles. The van der Waals surface area contributed by atoms with Crippen molar-refractivity contribution in [2.75, 3.05) is 37.6 Å². The van der Waals surface area contributed by atoms with E-state index < -0.39 is 0 Å². The van der Waals surface area contributed by atoms with Crippen molar-refractivity contribution in [1.82, 2.24) is 4.90 Å². The summed E-state index contributed by atoms with van der Waals surface area (Å²) in [6.07, 6.45) is 1.23. The number of rotatable bonds is 4. The molecule has 0 amide bonds. The Kier molecular flexibility index (Phi) is 5.08. The van der Waals surface area contributed by atoms with Crippen LogP contribution in [-0.2, 0) is 0 Å². The third kappa shape index (κ3) is 3.62. The molecule has 1 aromatic rings. The maximum Gasteiger partial charge on any atom is 0.0642 e. The van der Waals surface area contributed by atoms with Crippen LogP contribution >= 0.6 is 11.6 Å². The molecule has 3 nitrogen and oxygen atoms in total. The van der Waals surface area contributed by atoms with Crippen molar-refractivity contribution in [3.63, 3.8) is 0 Å². The Morgan fingerprint density at radius 2 is 1.95 bits per heavy atom. The Morgan fingerprint density at radius 3 is 2.47 bits per heavy atom. The van der Waals surface area contributed by atoms with Crippen molar-refractivity contribution in [2.24, 2.45) is 5.73 Å². The average Bonchev–Trinajstić information content (AvgIpc) is 2.40. The molecular formula is C15H24ClN3. The number of hydrogen-bond donors (Lipinski definition) is 1. The van der Waals surface area contributed by atoms with Crippen LogP contribution in [0, 0.1) is 0 Å². The molecule has 2 N–H and O–H groups in total. The molecule has 1 aliphatic heterocycles. The van der Waals surface area contributed by atoms with Gasteiger partial charge in [0.05, 0.1) is 10.7 Å². The van der Waals surface area contributed by atoms with E-state index in [1.165, 1.54) is 13.0 Å². The minimum absolute atomic E-state index is 0.0351. The normalized spacial score (nSPS) is 18.6. The number of piperazine rings is 1. The van der Waals surface area contributed by atoms with Gasteiger partial charge in [0.15, 0.2) is 0 Å². The van der Waals surface area contributed by atoms with Crippen LogP contribution in [0.3, 0.4) is 0 Å². The van der Waals surface area contributed by atoms with Gasteiger partial charge in [0.25, 0.3) is 0 Å². The Balaban J connectivity index is 2.03. The summed E-state index contributed by atoms with van der Waals surface area (Å²) in [5.41, 5.74) is 8.12. The van der Waals surface area contributed by atoms with Gasteiger partial charge < -0.3 is 10.6 Å². The summed E-state index contributed by atoms with van der Waals surface area (Å²) in [5, 5.41) is 0.818. The SMILES string of the molecule is CCCN1CCN(c2ccc(C(C)N)cc2Cl)CC1. The van der Waals surface area contributed by atoms with Gasteiger partial charge in [0.1, 0.15) is 0 Å². The molecular weight excluding hydrogens is 258 g/mol. The first-order chi connectivity index (χ1) is 9.11. The summed E-state index contributed by atoms with van der Waals surface area (Å²) in [6, 6.07) is 6.23. The van der Waals surface area contributed by atoms with E-state index in [1.54, 1.807) is 0 Å². The van der Waals surface area contributed by atoms with Crippen molar-refractivity contribution >= 4 is 17.3 Å². The number of halogens is 1. The first kappa shape index (κ1) is 14.6. The highest BCUT2D eigenvalue weighted by molar-refractivity contribution is 6.33. The molecule has 0 radical (unpaired) electrons. The molecule has 4 heteroatoms. The predicted molar refractivity (Wildman–Crippen MR) is 83.0 cm³/mol. The minimum atomic E-state index is 0.0351. The van der Waals surface area contributed by atoms with Crippen molar-refractivity contribution in [3.8, 4) is 0 Å². The van der Waals surface area contributed by atoms with Gasteiger partial charge >= 0.3 is 0 Å². The smallest absolute Gasteiger partial charge is 0.0642 e. The highest BCUT2D eigenvalue weighted by atomic mass is 35.5. The number of benzene rings is 1. The molecule has 1 atom stereocenters. The molecule has 0 spiro atoms. The summed E-state index contributed by atoms with van der Waals surface area (Å²) in [7, 11) is 0. The van der Waals surface area contributed by atoms with Gasteiger partial charge in [-0.05, 0) is 37.6 Å². The second-order valence-corrected chi connectivity index (χ2v) is 5.74. The van der Waals surface area contributed by atoms with Gasteiger partial charge in [0.2, 0.25) is 0 Å². The minimum Gasteiger partial charge on any atom is -0.368 e. The zero-order valence-electron chi connectivity index (χ0n) is 11.9. The first-order valence-corrected chi connectivity index (χ1v) is 7.52. The predicted octanol–water partition coefficient (Wildman–Crippen LogP) is 2.89. The summed E-state index contributed by atoms with van der Waals surface area (Å²) in [6.45, 7) is 9.77. The van der Waals surface area contributed by atoms with E-state index in [4.69, 9.17) is 17.3 Å². The first-order valence-electron chi connectivity index (χ1n) is 7.14. The quantitative estimate of drug-likeness (QED) is 0.921. The lowest BCUT2D eigenvalue weighted by atomic mass is 10.1. The molecule has 1 fully saturated rings. The largest absolute Gasteiger partial charge is 0.368 e. The highest BCUT2D eigenvalue weighted by Crippen LogP contribution is 2.29. The second-order valence-electron chi connectivity index (χ2n) is 5.33. The van der Waals surface area contributed by atoms with E-state index in [0.29, 0.717) is 0 Å². The van der Waals surface area contributed by atoms with E-state index in [1.807, 2.05) is 13.0 Å². The monoisotopic (exact) mass is 281 g/mol. The fraction of sp³-hybridized carbons (Fsp3) is 0.600. The Morgan fingerprint density at radius 1 is 1.26 bits per heavy atom. The Labute approximate surface area is 121 Å². The van der Waals surface area contributed by atoms with Crippen LogP contribution in [0.15, 0.2) is 18.2 Å². The topological polar surface area (TPSA) is 32.5 Å². The fourth-order valence-corrected chi connectivity index (χ4v) is 2.90. The van der Waals surface area contributed by atoms with E-state index in [2.05, 4.69) is 28.9 Å². The maximum atomic E-state index is 6.39. The molecule has 19 heavy (non-hydrogen) atoms. The van der Waals surface area contributed by atoms with Crippen LogP contribution in [0.4, 0.5) is 5.69 Å². The third-order valence-corrected chi connectivity index (χ3v) is 4.05. The highest BCUT2D eigenvalue weighted by Gasteiger charge is 2.18. The number of hydrogen-bond acceptors (Lipinski definition) is 3. The maximum absolute atomic E-state index is 6.39. The van der Waals surface area contributed by atoms with Crippen LogP contribution in [0.5, 0.6) is 0 Å². The van der Waals surface area contributed by atoms with Gasteiger partial charge in [-0.25, -0.2) is 0 Å². The molecule has 1 unspecified atom stereocenters.